The first-order valence-electron chi connectivity index (χ1n) is 2.89. The number of hydrogen-bond acceptors (Lipinski definition) is 0. The van der Waals surface area contributed by atoms with Gasteiger partial charge in [-0.3, -0.25) is 0 Å². The predicted octanol–water partition coefficient (Wildman–Crippen LogP) is 3.56. The minimum Gasteiger partial charge on any atom is -0.208 e. The zero-order valence-electron chi connectivity index (χ0n) is 6.12. The fourth-order valence-electron chi connectivity index (χ4n) is 0.330. The minimum absolute atomic E-state index is 0.487. The van der Waals surface area contributed by atoms with Crippen LogP contribution in [0.3, 0.4) is 0 Å². The van der Waals surface area contributed by atoms with Crippen molar-refractivity contribution in [2.75, 3.05) is 0 Å². The maximum atomic E-state index is 12.0. The second kappa shape index (κ2) is 4.29. The first-order valence-corrected chi connectivity index (χ1v) is 3.27. The standard InChI is InChI=1S/C8H10ClF/c1-6(2)8(9)5-4-7(3)10/h4-5H,3H2,1-2H3. The normalized spacial score (nSPS) is 10.0. The number of hydrogen-bond donors (Lipinski definition) is 0. The van der Waals surface area contributed by atoms with Gasteiger partial charge in [-0.1, -0.05) is 23.8 Å². The van der Waals surface area contributed by atoms with Gasteiger partial charge >= 0.3 is 0 Å². The Morgan fingerprint density at radius 2 is 1.90 bits per heavy atom. The molecule has 0 heterocycles. The van der Waals surface area contributed by atoms with Crippen molar-refractivity contribution in [3.05, 3.63) is 35.2 Å². The summed E-state index contributed by atoms with van der Waals surface area (Å²) in [6.45, 7) is 6.76. The van der Waals surface area contributed by atoms with Gasteiger partial charge in [-0.2, -0.15) is 0 Å². The van der Waals surface area contributed by atoms with E-state index < -0.39 is 5.83 Å². The Bertz CT molecular complexity index is 185. The van der Waals surface area contributed by atoms with E-state index in [4.69, 9.17) is 11.6 Å². The molecule has 0 nitrogen and oxygen atoms in total. The summed E-state index contributed by atoms with van der Waals surface area (Å²) in [7, 11) is 0. The second-order valence-corrected chi connectivity index (χ2v) is 2.54. The molecule has 0 radical (unpaired) electrons. The Morgan fingerprint density at radius 3 is 2.20 bits per heavy atom. The van der Waals surface area contributed by atoms with Crippen molar-refractivity contribution in [1.29, 1.82) is 0 Å². The van der Waals surface area contributed by atoms with E-state index in [1.165, 1.54) is 12.2 Å². The van der Waals surface area contributed by atoms with Gasteiger partial charge in [0.25, 0.3) is 0 Å². The van der Waals surface area contributed by atoms with E-state index in [9.17, 15) is 4.39 Å². The molecule has 2 heteroatoms. The highest BCUT2D eigenvalue weighted by molar-refractivity contribution is 6.31. The third-order valence-electron chi connectivity index (χ3n) is 0.888. The average molecular weight is 161 g/mol. The van der Waals surface area contributed by atoms with Gasteiger partial charge in [0.05, 0.1) is 0 Å². The van der Waals surface area contributed by atoms with Crippen molar-refractivity contribution < 1.29 is 4.39 Å². The monoisotopic (exact) mass is 160 g/mol. The average Bonchev–Trinajstić information content (AvgIpc) is 1.82. The summed E-state index contributed by atoms with van der Waals surface area (Å²) in [5.74, 6) is -0.487. The fraction of sp³-hybridized carbons (Fsp3) is 0.250. The van der Waals surface area contributed by atoms with Gasteiger partial charge in [-0.25, -0.2) is 4.39 Å². The van der Waals surface area contributed by atoms with Gasteiger partial charge in [0, 0.05) is 5.03 Å². The molecule has 0 rings (SSSR count). The molecular weight excluding hydrogens is 151 g/mol. The molecule has 0 unspecified atom stereocenters. The van der Waals surface area contributed by atoms with E-state index in [-0.39, 0.29) is 0 Å². The second-order valence-electron chi connectivity index (χ2n) is 2.13. The Labute approximate surface area is 65.7 Å². The molecule has 0 N–H and O–H groups in total. The van der Waals surface area contributed by atoms with Gasteiger partial charge in [0.1, 0.15) is 5.83 Å². The summed E-state index contributed by atoms with van der Waals surface area (Å²) in [5.41, 5.74) is 0.958. The molecular formula is C8H10ClF. The van der Waals surface area contributed by atoms with E-state index in [1.807, 2.05) is 13.8 Å². The zero-order chi connectivity index (χ0) is 8.15. The lowest BCUT2D eigenvalue weighted by Gasteiger charge is -1.90. The molecule has 0 aromatic carbocycles. The zero-order valence-corrected chi connectivity index (χ0v) is 6.87. The Morgan fingerprint density at radius 1 is 1.40 bits per heavy atom. The maximum Gasteiger partial charge on any atom is 0.116 e. The summed E-state index contributed by atoms with van der Waals surface area (Å²) in [6, 6.07) is 0. The van der Waals surface area contributed by atoms with E-state index in [2.05, 4.69) is 6.58 Å². The van der Waals surface area contributed by atoms with Crippen LogP contribution < -0.4 is 0 Å². The Balaban J connectivity index is 4.16. The lowest BCUT2D eigenvalue weighted by Crippen LogP contribution is -1.69. The summed E-state index contributed by atoms with van der Waals surface area (Å²) in [6.07, 6.45) is 2.72. The predicted molar refractivity (Wildman–Crippen MR) is 43.6 cm³/mol. The Hall–Kier alpha value is -0.560. The molecule has 0 aliphatic carbocycles. The van der Waals surface area contributed by atoms with Crippen molar-refractivity contribution in [2.24, 2.45) is 0 Å². The molecule has 0 atom stereocenters. The van der Waals surface area contributed by atoms with Crippen LogP contribution in [0.1, 0.15) is 13.8 Å². The van der Waals surface area contributed by atoms with Crippen molar-refractivity contribution in [3.63, 3.8) is 0 Å². The van der Waals surface area contributed by atoms with Crippen LogP contribution in [0.15, 0.2) is 35.2 Å². The molecule has 0 saturated carbocycles. The molecule has 0 bridgehead atoms. The molecule has 0 aliphatic heterocycles. The summed E-state index contributed by atoms with van der Waals surface area (Å²) in [4.78, 5) is 0. The molecule has 0 aliphatic rings. The van der Waals surface area contributed by atoms with Gasteiger partial charge in [-0.15, -0.1) is 0 Å². The van der Waals surface area contributed by atoms with Gasteiger partial charge in [0.2, 0.25) is 0 Å². The summed E-state index contributed by atoms with van der Waals surface area (Å²) >= 11 is 5.64. The quantitative estimate of drug-likeness (QED) is 0.542. The third kappa shape index (κ3) is 4.33. The summed E-state index contributed by atoms with van der Waals surface area (Å²) in [5, 5.41) is 0.554. The first-order chi connectivity index (χ1) is 4.54. The summed E-state index contributed by atoms with van der Waals surface area (Å²) < 4.78 is 12.0. The highest BCUT2D eigenvalue weighted by Gasteiger charge is 1.87. The molecule has 0 spiro atoms. The van der Waals surface area contributed by atoms with Crippen molar-refractivity contribution in [1.82, 2.24) is 0 Å². The molecule has 0 aromatic rings. The van der Waals surface area contributed by atoms with Crippen molar-refractivity contribution >= 4 is 11.6 Å². The first kappa shape index (κ1) is 9.44. The Kier molecular flexibility index (Phi) is 4.05. The highest BCUT2D eigenvalue weighted by atomic mass is 35.5. The lowest BCUT2D eigenvalue weighted by atomic mass is 10.3. The van der Waals surface area contributed by atoms with Gasteiger partial charge < -0.3 is 0 Å². The van der Waals surface area contributed by atoms with Crippen LogP contribution in [0.4, 0.5) is 4.39 Å². The molecule has 0 amide bonds. The largest absolute Gasteiger partial charge is 0.208 e. The van der Waals surface area contributed by atoms with E-state index in [0.29, 0.717) is 5.03 Å². The van der Waals surface area contributed by atoms with Crippen LogP contribution in [0, 0.1) is 0 Å². The number of rotatable bonds is 2. The molecule has 10 heavy (non-hydrogen) atoms. The van der Waals surface area contributed by atoms with E-state index in [1.54, 1.807) is 0 Å². The smallest absolute Gasteiger partial charge is 0.116 e. The van der Waals surface area contributed by atoms with E-state index in [0.717, 1.165) is 5.57 Å². The van der Waals surface area contributed by atoms with Crippen LogP contribution in [0.25, 0.3) is 0 Å². The molecule has 56 valence electrons. The SMILES string of the molecule is C=C(F)C=CC(Cl)=C(C)C. The van der Waals surface area contributed by atoms with Crippen LogP contribution in [0.2, 0.25) is 0 Å². The third-order valence-corrected chi connectivity index (χ3v) is 1.39. The molecule has 0 aromatic heterocycles. The minimum atomic E-state index is -0.487. The maximum absolute atomic E-state index is 12.0. The van der Waals surface area contributed by atoms with Gasteiger partial charge in [0.15, 0.2) is 0 Å². The molecule has 0 saturated heterocycles. The van der Waals surface area contributed by atoms with E-state index >= 15 is 0 Å². The lowest BCUT2D eigenvalue weighted by molar-refractivity contribution is 0.671. The topological polar surface area (TPSA) is 0 Å². The van der Waals surface area contributed by atoms with Crippen molar-refractivity contribution in [2.45, 2.75) is 13.8 Å². The van der Waals surface area contributed by atoms with Crippen LogP contribution >= 0.6 is 11.6 Å². The van der Waals surface area contributed by atoms with Crippen molar-refractivity contribution in [3.8, 4) is 0 Å². The van der Waals surface area contributed by atoms with Crippen LogP contribution in [0.5, 0.6) is 0 Å². The number of allylic oxidation sites excluding steroid dienone is 5. The molecule has 0 fully saturated rings. The van der Waals surface area contributed by atoms with Crippen LogP contribution in [-0.4, -0.2) is 0 Å². The number of halogens is 2. The van der Waals surface area contributed by atoms with Gasteiger partial charge in [-0.05, 0) is 26.0 Å². The van der Waals surface area contributed by atoms with Crippen LogP contribution in [-0.2, 0) is 0 Å². The fourth-order valence-corrected chi connectivity index (χ4v) is 0.393. The highest BCUT2D eigenvalue weighted by Crippen LogP contribution is 2.10.